The van der Waals surface area contributed by atoms with E-state index in [0.717, 1.165) is 6.92 Å². The van der Waals surface area contributed by atoms with Crippen molar-refractivity contribution in [1.29, 1.82) is 5.26 Å². The lowest BCUT2D eigenvalue weighted by molar-refractivity contribution is -0.173. The van der Waals surface area contributed by atoms with E-state index in [2.05, 4.69) is 0 Å². The van der Waals surface area contributed by atoms with Gasteiger partial charge in [0.15, 0.2) is 0 Å². The third-order valence-electron chi connectivity index (χ3n) is 1.80. The summed E-state index contributed by atoms with van der Waals surface area (Å²) in [5.41, 5.74) is 0. The highest BCUT2D eigenvalue weighted by molar-refractivity contribution is 5.67. The molecule has 3 nitrogen and oxygen atoms in total. The number of carboxylic acids is 1. The van der Waals surface area contributed by atoms with Gasteiger partial charge in [0.05, 0.1) is 24.3 Å². The Bertz CT molecular complexity index is 244. The molecule has 0 aromatic heterocycles. The topological polar surface area (TPSA) is 61.1 Å². The van der Waals surface area contributed by atoms with Crippen LogP contribution in [0.4, 0.5) is 13.2 Å². The Labute approximate surface area is 79.1 Å². The molecule has 0 aromatic rings. The molecule has 0 amide bonds. The van der Waals surface area contributed by atoms with Gasteiger partial charge in [-0.15, -0.1) is 0 Å². The Hall–Kier alpha value is -1.25. The van der Waals surface area contributed by atoms with Crippen molar-refractivity contribution in [2.75, 3.05) is 0 Å². The fraction of sp³-hybridized carbons (Fsp3) is 0.750. The van der Waals surface area contributed by atoms with Gasteiger partial charge < -0.3 is 5.11 Å². The Morgan fingerprint density at radius 3 is 2.36 bits per heavy atom. The van der Waals surface area contributed by atoms with Crippen molar-refractivity contribution in [1.82, 2.24) is 0 Å². The molecule has 0 aliphatic heterocycles. The summed E-state index contributed by atoms with van der Waals surface area (Å²) in [5, 5.41) is 16.7. The number of nitrogens with zero attached hydrogens (tertiary/aromatic N) is 1. The third-order valence-corrected chi connectivity index (χ3v) is 1.80. The molecule has 2 atom stereocenters. The van der Waals surface area contributed by atoms with Gasteiger partial charge in [-0.25, -0.2) is 0 Å². The van der Waals surface area contributed by atoms with Crippen LogP contribution in [0.5, 0.6) is 0 Å². The number of nitriles is 1. The predicted molar refractivity (Wildman–Crippen MR) is 41.2 cm³/mol. The quantitative estimate of drug-likeness (QED) is 0.771. The van der Waals surface area contributed by atoms with Crippen LogP contribution in [0.15, 0.2) is 0 Å². The highest BCUT2D eigenvalue weighted by Crippen LogP contribution is 2.31. The van der Waals surface area contributed by atoms with Crippen LogP contribution in [-0.2, 0) is 4.79 Å². The summed E-state index contributed by atoms with van der Waals surface area (Å²) < 4.78 is 36.1. The molecule has 0 bridgehead atoms. The molecule has 0 saturated heterocycles. The predicted octanol–water partition coefficient (Wildman–Crippen LogP) is 2.19. The monoisotopic (exact) mass is 209 g/mol. The molecular weight excluding hydrogens is 199 g/mol. The maximum atomic E-state index is 12.0. The van der Waals surface area contributed by atoms with Gasteiger partial charge in [0.1, 0.15) is 0 Å². The highest BCUT2D eigenvalue weighted by Gasteiger charge is 2.37. The Morgan fingerprint density at radius 1 is 1.57 bits per heavy atom. The average molecular weight is 209 g/mol. The SMILES string of the molecule is CC(CC(C#N)CC(=O)O)C(F)(F)F. The second-order valence-corrected chi connectivity index (χ2v) is 3.10. The molecule has 0 spiro atoms. The summed E-state index contributed by atoms with van der Waals surface area (Å²) in [6.45, 7) is 0.937. The van der Waals surface area contributed by atoms with Crippen molar-refractivity contribution in [2.45, 2.75) is 25.9 Å². The average Bonchev–Trinajstić information content (AvgIpc) is 2.00. The van der Waals surface area contributed by atoms with Crippen LogP contribution in [0, 0.1) is 23.2 Å². The largest absolute Gasteiger partial charge is 0.481 e. The molecule has 2 unspecified atom stereocenters. The van der Waals surface area contributed by atoms with Gasteiger partial charge >= 0.3 is 12.1 Å². The molecule has 6 heteroatoms. The van der Waals surface area contributed by atoms with Gasteiger partial charge in [0.25, 0.3) is 0 Å². The summed E-state index contributed by atoms with van der Waals surface area (Å²) in [5.74, 6) is -3.98. The molecule has 0 saturated carbocycles. The smallest absolute Gasteiger partial charge is 0.391 e. The number of rotatable bonds is 4. The van der Waals surface area contributed by atoms with E-state index >= 15 is 0 Å². The lowest BCUT2D eigenvalue weighted by Gasteiger charge is -2.17. The minimum Gasteiger partial charge on any atom is -0.481 e. The fourth-order valence-electron chi connectivity index (χ4n) is 0.953. The molecule has 14 heavy (non-hydrogen) atoms. The van der Waals surface area contributed by atoms with Crippen LogP contribution in [0.25, 0.3) is 0 Å². The number of carboxylic acid groups (broad SMARTS) is 1. The minimum absolute atomic E-state index is 0.466. The molecule has 0 fully saturated rings. The Kier molecular flexibility index (Phi) is 4.41. The van der Waals surface area contributed by atoms with E-state index in [1.807, 2.05) is 0 Å². The van der Waals surface area contributed by atoms with E-state index in [9.17, 15) is 18.0 Å². The van der Waals surface area contributed by atoms with Crippen molar-refractivity contribution >= 4 is 5.97 Å². The summed E-state index contributed by atoms with van der Waals surface area (Å²) >= 11 is 0. The van der Waals surface area contributed by atoms with Crippen LogP contribution < -0.4 is 0 Å². The highest BCUT2D eigenvalue weighted by atomic mass is 19.4. The van der Waals surface area contributed by atoms with Gasteiger partial charge in [-0.3, -0.25) is 4.79 Å². The van der Waals surface area contributed by atoms with Crippen LogP contribution in [-0.4, -0.2) is 17.3 Å². The maximum Gasteiger partial charge on any atom is 0.391 e. The van der Waals surface area contributed by atoms with Crippen molar-refractivity contribution in [3.8, 4) is 6.07 Å². The molecule has 0 radical (unpaired) electrons. The number of aliphatic carboxylic acids is 1. The van der Waals surface area contributed by atoms with Crippen LogP contribution >= 0.6 is 0 Å². The van der Waals surface area contributed by atoms with Gasteiger partial charge in [-0.2, -0.15) is 18.4 Å². The van der Waals surface area contributed by atoms with E-state index in [0.29, 0.717) is 0 Å². The minimum atomic E-state index is -4.37. The molecule has 0 aromatic carbocycles. The van der Waals surface area contributed by atoms with Crippen molar-refractivity contribution in [2.24, 2.45) is 11.8 Å². The lowest BCUT2D eigenvalue weighted by atomic mass is 9.94. The lowest BCUT2D eigenvalue weighted by Crippen LogP contribution is -2.23. The fourth-order valence-corrected chi connectivity index (χ4v) is 0.953. The van der Waals surface area contributed by atoms with E-state index in [1.54, 1.807) is 6.07 Å². The molecule has 0 rings (SSSR count). The summed E-state index contributed by atoms with van der Waals surface area (Å²) in [6, 6.07) is 1.56. The number of halogens is 3. The second-order valence-electron chi connectivity index (χ2n) is 3.10. The van der Waals surface area contributed by atoms with E-state index in [-0.39, 0.29) is 0 Å². The number of hydrogen-bond acceptors (Lipinski definition) is 2. The zero-order valence-electron chi connectivity index (χ0n) is 7.51. The summed E-state index contributed by atoms with van der Waals surface area (Å²) in [4.78, 5) is 10.2. The van der Waals surface area contributed by atoms with Crippen molar-refractivity contribution in [3.05, 3.63) is 0 Å². The first-order chi connectivity index (χ1) is 6.27. The first kappa shape index (κ1) is 12.8. The van der Waals surface area contributed by atoms with E-state index in [4.69, 9.17) is 10.4 Å². The molecule has 0 heterocycles. The van der Waals surface area contributed by atoms with Crippen molar-refractivity contribution < 1.29 is 23.1 Å². The van der Waals surface area contributed by atoms with Crippen LogP contribution in [0.1, 0.15) is 19.8 Å². The number of carbonyl (C=O) groups is 1. The molecule has 0 aliphatic rings. The van der Waals surface area contributed by atoms with Crippen LogP contribution in [0.3, 0.4) is 0 Å². The van der Waals surface area contributed by atoms with Gasteiger partial charge in [-0.1, -0.05) is 6.92 Å². The summed E-state index contributed by atoms with van der Waals surface area (Å²) in [7, 11) is 0. The second kappa shape index (κ2) is 4.84. The summed E-state index contributed by atoms with van der Waals surface area (Å²) in [6.07, 6.45) is -5.38. The van der Waals surface area contributed by atoms with Gasteiger partial charge in [0.2, 0.25) is 0 Å². The zero-order chi connectivity index (χ0) is 11.4. The molecule has 1 N–H and O–H groups in total. The molecule has 0 aliphatic carbocycles. The first-order valence-corrected chi connectivity index (χ1v) is 3.95. The standard InChI is InChI=1S/C8H10F3NO2/c1-5(8(9,10)11)2-6(4-12)3-7(13)14/h5-6H,2-3H2,1H3,(H,13,14). The Balaban J connectivity index is 4.21. The number of alkyl halides is 3. The maximum absolute atomic E-state index is 12.0. The molecular formula is C8H10F3NO2. The van der Waals surface area contributed by atoms with E-state index in [1.165, 1.54) is 0 Å². The van der Waals surface area contributed by atoms with Gasteiger partial charge in [0, 0.05) is 0 Å². The Morgan fingerprint density at radius 2 is 2.07 bits per heavy atom. The normalized spacial score (nSPS) is 15.6. The van der Waals surface area contributed by atoms with Gasteiger partial charge in [-0.05, 0) is 6.42 Å². The van der Waals surface area contributed by atoms with Crippen molar-refractivity contribution in [3.63, 3.8) is 0 Å². The third kappa shape index (κ3) is 4.70. The van der Waals surface area contributed by atoms with E-state index < -0.39 is 36.8 Å². The van der Waals surface area contributed by atoms with Crippen LogP contribution in [0.2, 0.25) is 0 Å². The number of hydrogen-bond donors (Lipinski definition) is 1. The molecule has 80 valence electrons. The zero-order valence-corrected chi connectivity index (χ0v) is 7.51. The first-order valence-electron chi connectivity index (χ1n) is 3.95.